The minimum absolute atomic E-state index is 0.0852. The van der Waals surface area contributed by atoms with Crippen molar-refractivity contribution in [3.8, 4) is 0 Å². The van der Waals surface area contributed by atoms with Gasteiger partial charge in [-0.1, -0.05) is 56.1 Å². The lowest BCUT2D eigenvalue weighted by Crippen LogP contribution is -2.02. The van der Waals surface area contributed by atoms with Crippen molar-refractivity contribution in [3.63, 3.8) is 0 Å². The third kappa shape index (κ3) is 2.20. The van der Waals surface area contributed by atoms with E-state index in [0.717, 1.165) is 27.1 Å². The zero-order valence-corrected chi connectivity index (χ0v) is 11.7. The second-order valence-corrected chi connectivity index (χ2v) is 5.17. The highest BCUT2D eigenvalue weighted by Gasteiger charge is 2.11. The number of hydrogen-bond donors (Lipinski definition) is 0. The van der Waals surface area contributed by atoms with Gasteiger partial charge in [-0.25, -0.2) is 0 Å². The molecule has 2 rings (SSSR count). The predicted octanol–water partition coefficient (Wildman–Crippen LogP) is 4.28. The lowest BCUT2D eigenvalue weighted by atomic mass is 9.96. The van der Waals surface area contributed by atoms with Crippen molar-refractivity contribution in [3.05, 3.63) is 46.4 Å². The highest BCUT2D eigenvalue weighted by molar-refractivity contribution is 9.10. The van der Waals surface area contributed by atoms with Crippen molar-refractivity contribution >= 4 is 48.9 Å². The molecule has 2 aromatic rings. The summed E-state index contributed by atoms with van der Waals surface area (Å²) in [4.78, 5) is 11.0. The van der Waals surface area contributed by atoms with E-state index in [1.54, 1.807) is 0 Å². The summed E-state index contributed by atoms with van der Waals surface area (Å²) in [5, 5.41) is 2.95. The maximum Gasteiger partial charge on any atom is 0.128 e. The molecule has 0 aliphatic carbocycles. The first kappa shape index (κ1) is 11.8. The largest absolute Gasteiger partial charge is 0.303 e. The van der Waals surface area contributed by atoms with Gasteiger partial charge in [-0.05, 0) is 28.5 Å². The fourth-order valence-corrected chi connectivity index (χ4v) is 2.65. The SMILES string of the molecule is O=CC(CBr)c1cccc2ccc(Br)cc12. The number of hydrogen-bond acceptors (Lipinski definition) is 1. The van der Waals surface area contributed by atoms with Crippen LogP contribution in [0.1, 0.15) is 11.5 Å². The van der Waals surface area contributed by atoms with E-state index in [-0.39, 0.29) is 5.92 Å². The van der Waals surface area contributed by atoms with Gasteiger partial charge in [0.2, 0.25) is 0 Å². The molecular formula is C13H10Br2O. The number of aldehydes is 1. The monoisotopic (exact) mass is 340 g/mol. The van der Waals surface area contributed by atoms with Crippen molar-refractivity contribution in [2.75, 3.05) is 5.33 Å². The second-order valence-electron chi connectivity index (χ2n) is 3.61. The molecule has 0 saturated carbocycles. The molecule has 0 aromatic heterocycles. The number of carbonyl (C=O) groups is 1. The van der Waals surface area contributed by atoms with Gasteiger partial charge in [0.25, 0.3) is 0 Å². The molecule has 0 fully saturated rings. The first-order valence-corrected chi connectivity index (χ1v) is 6.87. The third-order valence-electron chi connectivity index (χ3n) is 2.61. The van der Waals surface area contributed by atoms with Crippen LogP contribution in [0.2, 0.25) is 0 Å². The summed E-state index contributed by atoms with van der Waals surface area (Å²) < 4.78 is 1.03. The van der Waals surface area contributed by atoms with Gasteiger partial charge >= 0.3 is 0 Å². The molecule has 0 radical (unpaired) electrons. The Kier molecular flexibility index (Phi) is 3.77. The van der Waals surface area contributed by atoms with Crippen molar-refractivity contribution in [1.82, 2.24) is 0 Å². The molecule has 2 aromatic carbocycles. The summed E-state index contributed by atoms with van der Waals surface area (Å²) in [5.74, 6) is -0.0852. The molecule has 0 saturated heterocycles. The Morgan fingerprint density at radius 1 is 1.25 bits per heavy atom. The Morgan fingerprint density at radius 2 is 2.06 bits per heavy atom. The summed E-state index contributed by atoms with van der Waals surface area (Å²) >= 11 is 6.83. The molecule has 3 heteroatoms. The predicted molar refractivity (Wildman–Crippen MR) is 74.2 cm³/mol. The molecule has 0 spiro atoms. The van der Waals surface area contributed by atoms with Crippen LogP contribution in [0.5, 0.6) is 0 Å². The van der Waals surface area contributed by atoms with Crippen molar-refractivity contribution in [2.45, 2.75) is 5.92 Å². The quantitative estimate of drug-likeness (QED) is 0.601. The average molecular weight is 342 g/mol. The van der Waals surface area contributed by atoms with E-state index in [0.29, 0.717) is 5.33 Å². The molecule has 82 valence electrons. The van der Waals surface area contributed by atoms with E-state index in [2.05, 4.69) is 50.1 Å². The molecule has 0 bridgehead atoms. The van der Waals surface area contributed by atoms with E-state index in [9.17, 15) is 4.79 Å². The van der Waals surface area contributed by atoms with Gasteiger partial charge in [0.15, 0.2) is 0 Å². The van der Waals surface area contributed by atoms with Gasteiger partial charge in [0.1, 0.15) is 6.29 Å². The number of halogens is 2. The highest BCUT2D eigenvalue weighted by Crippen LogP contribution is 2.28. The molecule has 0 aliphatic rings. The fourth-order valence-electron chi connectivity index (χ4n) is 1.79. The number of benzene rings is 2. The molecule has 0 N–H and O–H groups in total. The fraction of sp³-hybridized carbons (Fsp3) is 0.154. The normalized spacial score (nSPS) is 12.6. The van der Waals surface area contributed by atoms with E-state index < -0.39 is 0 Å². The van der Waals surface area contributed by atoms with Crippen LogP contribution in [0.25, 0.3) is 10.8 Å². The number of alkyl halides is 1. The van der Waals surface area contributed by atoms with E-state index in [1.165, 1.54) is 0 Å². The first-order chi connectivity index (χ1) is 7.76. The van der Waals surface area contributed by atoms with Crippen LogP contribution in [0.15, 0.2) is 40.9 Å². The number of fused-ring (bicyclic) bond motifs is 1. The lowest BCUT2D eigenvalue weighted by molar-refractivity contribution is -0.108. The van der Waals surface area contributed by atoms with Crippen molar-refractivity contribution < 1.29 is 4.79 Å². The van der Waals surface area contributed by atoms with E-state index in [1.807, 2.05) is 18.2 Å². The Labute approximate surface area is 111 Å². The summed E-state index contributed by atoms with van der Waals surface area (Å²) in [6.07, 6.45) is 0.991. The highest BCUT2D eigenvalue weighted by atomic mass is 79.9. The second kappa shape index (κ2) is 5.11. The summed E-state index contributed by atoms with van der Waals surface area (Å²) in [5.41, 5.74) is 1.07. The summed E-state index contributed by atoms with van der Waals surface area (Å²) in [6, 6.07) is 12.2. The molecule has 0 heterocycles. The van der Waals surface area contributed by atoms with Crippen LogP contribution < -0.4 is 0 Å². The molecular weight excluding hydrogens is 332 g/mol. The van der Waals surface area contributed by atoms with E-state index >= 15 is 0 Å². The summed E-state index contributed by atoms with van der Waals surface area (Å²) in [7, 11) is 0. The molecule has 0 amide bonds. The maximum atomic E-state index is 11.0. The number of rotatable bonds is 3. The molecule has 0 aliphatic heterocycles. The minimum atomic E-state index is -0.0852. The Balaban J connectivity index is 2.68. The van der Waals surface area contributed by atoms with E-state index in [4.69, 9.17) is 0 Å². The minimum Gasteiger partial charge on any atom is -0.303 e. The van der Waals surface area contributed by atoms with Crippen LogP contribution in [-0.2, 0) is 4.79 Å². The Bertz CT molecular complexity index is 522. The Morgan fingerprint density at radius 3 is 2.75 bits per heavy atom. The standard InChI is InChI=1S/C13H10Br2O/c14-7-10(8-16)12-3-1-2-9-4-5-11(15)6-13(9)12/h1-6,8,10H,7H2. The smallest absolute Gasteiger partial charge is 0.128 e. The molecule has 16 heavy (non-hydrogen) atoms. The Hall–Kier alpha value is -0.670. The van der Waals surface area contributed by atoms with Gasteiger partial charge in [-0.2, -0.15) is 0 Å². The van der Waals surface area contributed by atoms with Gasteiger partial charge < -0.3 is 4.79 Å². The third-order valence-corrected chi connectivity index (χ3v) is 3.80. The summed E-state index contributed by atoms with van der Waals surface area (Å²) in [6.45, 7) is 0. The van der Waals surface area contributed by atoms with Crippen molar-refractivity contribution in [2.24, 2.45) is 0 Å². The topological polar surface area (TPSA) is 17.1 Å². The maximum absolute atomic E-state index is 11.0. The van der Waals surface area contributed by atoms with Crippen LogP contribution in [0.4, 0.5) is 0 Å². The molecule has 1 atom stereocenters. The average Bonchev–Trinajstić information content (AvgIpc) is 2.31. The van der Waals surface area contributed by atoms with Gasteiger partial charge in [-0.3, -0.25) is 0 Å². The van der Waals surface area contributed by atoms with Crippen LogP contribution in [0.3, 0.4) is 0 Å². The van der Waals surface area contributed by atoms with Crippen LogP contribution >= 0.6 is 31.9 Å². The van der Waals surface area contributed by atoms with Crippen LogP contribution in [-0.4, -0.2) is 11.6 Å². The number of carbonyl (C=O) groups excluding carboxylic acids is 1. The zero-order chi connectivity index (χ0) is 11.5. The zero-order valence-electron chi connectivity index (χ0n) is 8.49. The van der Waals surface area contributed by atoms with Crippen molar-refractivity contribution in [1.29, 1.82) is 0 Å². The van der Waals surface area contributed by atoms with Gasteiger partial charge in [-0.15, -0.1) is 0 Å². The van der Waals surface area contributed by atoms with Gasteiger partial charge in [0, 0.05) is 15.7 Å². The van der Waals surface area contributed by atoms with Gasteiger partial charge in [0.05, 0.1) is 0 Å². The lowest BCUT2D eigenvalue weighted by Gasteiger charge is -2.11. The molecule has 1 unspecified atom stereocenters. The van der Waals surface area contributed by atoms with Crippen LogP contribution in [0, 0.1) is 0 Å². The first-order valence-electron chi connectivity index (χ1n) is 4.95. The molecule has 1 nitrogen and oxygen atoms in total.